The lowest BCUT2D eigenvalue weighted by atomic mass is 9.87. The summed E-state index contributed by atoms with van der Waals surface area (Å²) in [6, 6.07) is 0.194. The highest BCUT2D eigenvalue weighted by Crippen LogP contribution is 2.21. The molecule has 1 aromatic rings. The van der Waals surface area contributed by atoms with Gasteiger partial charge in [-0.25, -0.2) is 14.5 Å². The molecule has 0 spiro atoms. The number of nitrogens with one attached hydrogen (secondary N) is 1. The standard InChI is InChI=1S/C15H28N4O3/c1-11(2)19-12(17-10-18-19)7-15(6,9-20)8-16-13(21)22-14(3,4)5/h10-11,20H,7-9H2,1-6H3,(H,16,21). The summed E-state index contributed by atoms with van der Waals surface area (Å²) in [5.74, 6) is 0.789. The molecule has 2 N–H and O–H groups in total. The molecule has 0 aliphatic heterocycles. The number of aliphatic hydroxyl groups is 1. The molecule has 0 radical (unpaired) electrons. The van der Waals surface area contributed by atoms with Crippen LogP contribution in [0.3, 0.4) is 0 Å². The van der Waals surface area contributed by atoms with E-state index in [9.17, 15) is 9.90 Å². The summed E-state index contributed by atoms with van der Waals surface area (Å²) in [6.45, 7) is 11.6. The van der Waals surface area contributed by atoms with E-state index in [0.717, 1.165) is 5.82 Å². The largest absolute Gasteiger partial charge is 0.444 e. The van der Waals surface area contributed by atoms with Crippen LogP contribution in [0.1, 0.15) is 53.4 Å². The van der Waals surface area contributed by atoms with Crippen molar-refractivity contribution in [3.63, 3.8) is 0 Å². The van der Waals surface area contributed by atoms with Crippen LogP contribution < -0.4 is 5.32 Å². The molecule has 0 aliphatic carbocycles. The molecule has 1 atom stereocenters. The molecule has 1 aromatic heterocycles. The summed E-state index contributed by atoms with van der Waals surface area (Å²) in [7, 11) is 0. The summed E-state index contributed by atoms with van der Waals surface area (Å²) in [5, 5.41) is 16.6. The topological polar surface area (TPSA) is 89.3 Å². The van der Waals surface area contributed by atoms with E-state index in [4.69, 9.17) is 4.74 Å². The van der Waals surface area contributed by atoms with Crippen molar-refractivity contribution >= 4 is 6.09 Å². The van der Waals surface area contributed by atoms with Crippen molar-refractivity contribution in [1.29, 1.82) is 0 Å². The Morgan fingerprint density at radius 2 is 2.05 bits per heavy atom. The number of carbonyl (C=O) groups excluding carboxylic acids is 1. The van der Waals surface area contributed by atoms with Crippen LogP contribution >= 0.6 is 0 Å². The quantitative estimate of drug-likeness (QED) is 0.837. The van der Waals surface area contributed by atoms with E-state index >= 15 is 0 Å². The maximum Gasteiger partial charge on any atom is 0.407 e. The van der Waals surface area contributed by atoms with E-state index in [1.807, 2.05) is 46.2 Å². The second-order valence-corrected chi connectivity index (χ2v) is 7.22. The monoisotopic (exact) mass is 312 g/mol. The van der Waals surface area contributed by atoms with Gasteiger partial charge >= 0.3 is 6.09 Å². The normalized spacial score (nSPS) is 14.7. The van der Waals surface area contributed by atoms with Crippen molar-refractivity contribution in [2.24, 2.45) is 5.41 Å². The lowest BCUT2D eigenvalue weighted by Crippen LogP contribution is -2.42. The molecule has 0 aromatic carbocycles. The number of hydrogen-bond acceptors (Lipinski definition) is 5. The number of amides is 1. The van der Waals surface area contributed by atoms with Gasteiger partial charge in [0.25, 0.3) is 0 Å². The fourth-order valence-corrected chi connectivity index (χ4v) is 1.99. The first kappa shape index (κ1) is 18.4. The van der Waals surface area contributed by atoms with E-state index in [1.54, 1.807) is 0 Å². The zero-order chi connectivity index (χ0) is 17.0. The maximum atomic E-state index is 11.8. The number of alkyl carbamates (subject to hydrolysis) is 1. The summed E-state index contributed by atoms with van der Waals surface area (Å²) in [5.41, 5.74) is -1.08. The van der Waals surface area contributed by atoms with Crippen molar-refractivity contribution in [1.82, 2.24) is 20.1 Å². The minimum atomic E-state index is -0.544. The zero-order valence-electron chi connectivity index (χ0n) is 14.4. The molecule has 1 amide bonds. The zero-order valence-corrected chi connectivity index (χ0v) is 14.4. The number of aromatic nitrogens is 3. The molecule has 7 nitrogen and oxygen atoms in total. The maximum absolute atomic E-state index is 11.8. The number of nitrogens with zero attached hydrogens (tertiary/aromatic N) is 3. The first-order valence-electron chi connectivity index (χ1n) is 7.52. The van der Waals surface area contributed by atoms with Crippen molar-refractivity contribution in [3.05, 3.63) is 12.2 Å². The van der Waals surface area contributed by atoms with Gasteiger partial charge in [0.05, 0.1) is 6.61 Å². The summed E-state index contributed by atoms with van der Waals surface area (Å²) in [4.78, 5) is 16.0. The predicted octanol–water partition coefficient (Wildman–Crippen LogP) is 1.92. The van der Waals surface area contributed by atoms with Crippen molar-refractivity contribution in [2.75, 3.05) is 13.2 Å². The minimum Gasteiger partial charge on any atom is -0.444 e. The highest BCUT2D eigenvalue weighted by atomic mass is 16.6. The van der Waals surface area contributed by atoms with Crippen LogP contribution in [0, 0.1) is 5.41 Å². The average Bonchev–Trinajstić information content (AvgIpc) is 2.82. The van der Waals surface area contributed by atoms with Crippen molar-refractivity contribution in [3.8, 4) is 0 Å². The fourth-order valence-electron chi connectivity index (χ4n) is 1.99. The Kier molecular flexibility index (Phi) is 5.93. The molecule has 22 heavy (non-hydrogen) atoms. The number of rotatable bonds is 6. The Labute approximate surface area is 132 Å². The average molecular weight is 312 g/mol. The van der Waals surface area contributed by atoms with Crippen LogP contribution in [0.25, 0.3) is 0 Å². The molecule has 0 bridgehead atoms. The summed E-state index contributed by atoms with van der Waals surface area (Å²) < 4.78 is 7.03. The molecular weight excluding hydrogens is 284 g/mol. The SMILES string of the molecule is CC(C)n1ncnc1CC(C)(CO)CNC(=O)OC(C)(C)C. The smallest absolute Gasteiger partial charge is 0.407 e. The van der Waals surface area contributed by atoms with Crippen molar-refractivity contribution in [2.45, 2.75) is 59.6 Å². The molecule has 0 saturated heterocycles. The second kappa shape index (κ2) is 7.09. The number of aliphatic hydroxyl groups excluding tert-OH is 1. The number of hydrogen-bond donors (Lipinski definition) is 2. The molecule has 0 saturated carbocycles. The van der Waals surface area contributed by atoms with Crippen LogP contribution in [0.5, 0.6) is 0 Å². The Balaban J connectivity index is 2.68. The molecule has 1 rings (SSSR count). The van der Waals surface area contributed by atoms with Crippen LogP contribution in [0.2, 0.25) is 0 Å². The van der Waals surface area contributed by atoms with Crippen molar-refractivity contribution < 1.29 is 14.6 Å². The molecule has 1 unspecified atom stereocenters. The minimum absolute atomic E-state index is 0.0756. The van der Waals surface area contributed by atoms with Gasteiger partial charge in [-0.2, -0.15) is 5.10 Å². The Hall–Kier alpha value is -1.63. The van der Waals surface area contributed by atoms with E-state index in [2.05, 4.69) is 15.4 Å². The lowest BCUT2D eigenvalue weighted by molar-refractivity contribution is 0.0476. The third-order valence-electron chi connectivity index (χ3n) is 3.16. The van der Waals surface area contributed by atoms with Crippen LogP contribution in [0.4, 0.5) is 4.79 Å². The van der Waals surface area contributed by atoms with E-state index in [0.29, 0.717) is 13.0 Å². The Bertz CT molecular complexity index is 493. The van der Waals surface area contributed by atoms with Crippen LogP contribution in [0.15, 0.2) is 6.33 Å². The molecule has 0 aliphatic rings. The van der Waals surface area contributed by atoms with Gasteiger partial charge < -0.3 is 15.2 Å². The molecular formula is C15H28N4O3. The van der Waals surface area contributed by atoms with Gasteiger partial charge in [0.15, 0.2) is 0 Å². The predicted molar refractivity (Wildman–Crippen MR) is 83.5 cm³/mol. The lowest BCUT2D eigenvalue weighted by Gasteiger charge is -2.28. The molecule has 7 heteroatoms. The van der Waals surface area contributed by atoms with E-state index < -0.39 is 17.1 Å². The van der Waals surface area contributed by atoms with Gasteiger partial charge in [-0.1, -0.05) is 6.92 Å². The van der Waals surface area contributed by atoms with E-state index in [1.165, 1.54) is 6.33 Å². The number of ether oxygens (including phenoxy) is 1. The van der Waals surface area contributed by atoms with Crippen LogP contribution in [-0.4, -0.2) is 44.7 Å². The first-order chi connectivity index (χ1) is 10.1. The second-order valence-electron chi connectivity index (χ2n) is 7.22. The van der Waals surface area contributed by atoms with Gasteiger partial charge in [-0.15, -0.1) is 0 Å². The third kappa shape index (κ3) is 5.63. The molecule has 1 heterocycles. The van der Waals surface area contributed by atoms with Gasteiger partial charge in [0.1, 0.15) is 17.8 Å². The highest BCUT2D eigenvalue weighted by molar-refractivity contribution is 5.67. The summed E-state index contributed by atoms with van der Waals surface area (Å²) >= 11 is 0. The third-order valence-corrected chi connectivity index (χ3v) is 3.16. The van der Waals surface area contributed by atoms with Gasteiger partial charge in [-0.05, 0) is 34.6 Å². The molecule has 0 fully saturated rings. The summed E-state index contributed by atoms with van der Waals surface area (Å²) in [6.07, 6.45) is 1.53. The Morgan fingerprint density at radius 3 is 2.55 bits per heavy atom. The van der Waals surface area contributed by atoms with Gasteiger partial charge in [0.2, 0.25) is 0 Å². The van der Waals surface area contributed by atoms with Gasteiger partial charge in [0, 0.05) is 24.4 Å². The fraction of sp³-hybridized carbons (Fsp3) is 0.800. The first-order valence-corrected chi connectivity index (χ1v) is 7.52. The van der Waals surface area contributed by atoms with E-state index in [-0.39, 0.29) is 12.6 Å². The number of carbonyl (C=O) groups is 1. The molecule has 126 valence electrons. The van der Waals surface area contributed by atoms with Crippen LogP contribution in [-0.2, 0) is 11.2 Å². The highest BCUT2D eigenvalue weighted by Gasteiger charge is 2.28. The van der Waals surface area contributed by atoms with Gasteiger partial charge in [-0.3, -0.25) is 0 Å². The Morgan fingerprint density at radius 1 is 1.41 bits per heavy atom.